The highest BCUT2D eigenvalue weighted by atomic mass is 19.1. The smallest absolute Gasteiger partial charge is 0.222 e. The lowest BCUT2D eigenvalue weighted by molar-refractivity contribution is 0.338. The number of nitrogens with zero attached hydrogens (tertiary/aromatic N) is 1. The molecule has 0 unspecified atom stereocenters. The van der Waals surface area contributed by atoms with Gasteiger partial charge in [0.2, 0.25) is 5.88 Å². The van der Waals surface area contributed by atoms with E-state index in [1.54, 1.807) is 12.1 Å². The third-order valence-electron chi connectivity index (χ3n) is 2.06. The first-order chi connectivity index (χ1) is 7.70. The van der Waals surface area contributed by atoms with E-state index in [0.717, 1.165) is 0 Å². The van der Waals surface area contributed by atoms with E-state index in [2.05, 4.69) is 9.68 Å². The van der Waals surface area contributed by atoms with Gasteiger partial charge in [0.05, 0.1) is 6.61 Å². The lowest BCUT2D eigenvalue weighted by atomic mass is 10.1. The van der Waals surface area contributed by atoms with Crippen molar-refractivity contribution >= 4 is 5.88 Å². The average molecular weight is 222 g/mol. The third kappa shape index (κ3) is 1.98. The Morgan fingerprint density at radius 1 is 1.44 bits per heavy atom. The molecule has 4 nitrogen and oxygen atoms in total. The summed E-state index contributed by atoms with van der Waals surface area (Å²) in [5.74, 6) is 0.225. The van der Waals surface area contributed by atoms with Gasteiger partial charge in [-0.05, 0) is 19.1 Å². The fourth-order valence-electron chi connectivity index (χ4n) is 1.38. The number of nitrogen functional groups attached to an aromatic ring is 1. The molecule has 0 bridgehead atoms. The van der Waals surface area contributed by atoms with E-state index in [-0.39, 0.29) is 5.88 Å². The van der Waals surface area contributed by atoms with Gasteiger partial charge in [0.15, 0.2) is 0 Å². The first-order valence-electron chi connectivity index (χ1n) is 4.85. The van der Waals surface area contributed by atoms with Gasteiger partial charge >= 0.3 is 0 Å². The Bertz CT molecular complexity index is 496. The summed E-state index contributed by atoms with van der Waals surface area (Å²) in [4.78, 5) is 0. The summed E-state index contributed by atoms with van der Waals surface area (Å²) >= 11 is 0. The summed E-state index contributed by atoms with van der Waals surface area (Å²) in [7, 11) is 0. The van der Waals surface area contributed by atoms with Crippen molar-refractivity contribution in [3.63, 3.8) is 0 Å². The number of nitrogens with two attached hydrogens (primary N) is 1. The molecule has 2 rings (SSSR count). The molecule has 0 saturated carbocycles. The van der Waals surface area contributed by atoms with Crippen LogP contribution in [0.25, 0.3) is 11.3 Å². The zero-order chi connectivity index (χ0) is 11.5. The van der Waals surface area contributed by atoms with Crippen LogP contribution in [0.5, 0.6) is 5.75 Å². The maximum absolute atomic E-state index is 13.7. The predicted octanol–water partition coefficient (Wildman–Crippen LogP) is 2.46. The summed E-state index contributed by atoms with van der Waals surface area (Å²) in [6.07, 6.45) is 0. The fourth-order valence-corrected chi connectivity index (χ4v) is 1.38. The van der Waals surface area contributed by atoms with E-state index in [0.29, 0.717) is 23.6 Å². The van der Waals surface area contributed by atoms with Crippen molar-refractivity contribution in [2.75, 3.05) is 12.3 Å². The lowest BCUT2D eigenvalue weighted by Gasteiger charge is -2.04. The van der Waals surface area contributed by atoms with Crippen molar-refractivity contribution in [1.29, 1.82) is 0 Å². The van der Waals surface area contributed by atoms with Crippen LogP contribution in [0.1, 0.15) is 6.92 Å². The number of hydrogen-bond acceptors (Lipinski definition) is 4. The van der Waals surface area contributed by atoms with E-state index in [9.17, 15) is 4.39 Å². The normalized spacial score (nSPS) is 10.4. The van der Waals surface area contributed by atoms with Crippen molar-refractivity contribution in [1.82, 2.24) is 5.16 Å². The Morgan fingerprint density at radius 3 is 2.81 bits per heavy atom. The van der Waals surface area contributed by atoms with Crippen LogP contribution < -0.4 is 10.5 Å². The zero-order valence-corrected chi connectivity index (χ0v) is 8.74. The van der Waals surface area contributed by atoms with E-state index in [1.165, 1.54) is 12.1 Å². The van der Waals surface area contributed by atoms with Crippen LogP contribution in [-0.4, -0.2) is 11.8 Å². The van der Waals surface area contributed by atoms with Gasteiger partial charge in [-0.25, -0.2) is 4.39 Å². The minimum atomic E-state index is -0.417. The van der Waals surface area contributed by atoms with Gasteiger partial charge in [-0.1, -0.05) is 5.16 Å². The molecular formula is C11H11FN2O2. The van der Waals surface area contributed by atoms with Crippen molar-refractivity contribution < 1.29 is 13.7 Å². The minimum Gasteiger partial charge on any atom is -0.494 e. The number of benzene rings is 1. The maximum atomic E-state index is 13.7. The molecule has 0 saturated heterocycles. The summed E-state index contributed by atoms with van der Waals surface area (Å²) in [5, 5.41) is 3.64. The average Bonchev–Trinajstić information content (AvgIpc) is 2.65. The molecule has 0 spiro atoms. The van der Waals surface area contributed by atoms with E-state index >= 15 is 0 Å². The van der Waals surface area contributed by atoms with Crippen LogP contribution in [0.3, 0.4) is 0 Å². The fraction of sp³-hybridized carbons (Fsp3) is 0.182. The zero-order valence-electron chi connectivity index (χ0n) is 8.74. The second-order valence-electron chi connectivity index (χ2n) is 3.19. The SMILES string of the molecule is CCOc1ccc(-c2cc(N)on2)c(F)c1. The third-order valence-corrected chi connectivity index (χ3v) is 2.06. The molecule has 16 heavy (non-hydrogen) atoms. The molecule has 2 aromatic rings. The van der Waals surface area contributed by atoms with Gasteiger partial charge in [0, 0.05) is 17.7 Å². The highest BCUT2D eigenvalue weighted by molar-refractivity contribution is 5.62. The summed E-state index contributed by atoms with van der Waals surface area (Å²) in [6, 6.07) is 6.03. The van der Waals surface area contributed by atoms with Crippen molar-refractivity contribution in [2.45, 2.75) is 6.92 Å². The van der Waals surface area contributed by atoms with Gasteiger partial charge in [0.1, 0.15) is 17.3 Å². The molecule has 0 aliphatic carbocycles. The highest BCUT2D eigenvalue weighted by Crippen LogP contribution is 2.26. The second-order valence-corrected chi connectivity index (χ2v) is 3.19. The molecular weight excluding hydrogens is 211 g/mol. The Kier molecular flexibility index (Phi) is 2.76. The first kappa shape index (κ1) is 10.5. The number of anilines is 1. The van der Waals surface area contributed by atoms with Crippen LogP contribution in [0, 0.1) is 5.82 Å². The molecule has 0 atom stereocenters. The molecule has 5 heteroatoms. The predicted molar refractivity (Wildman–Crippen MR) is 57.5 cm³/mol. The van der Waals surface area contributed by atoms with E-state index in [4.69, 9.17) is 10.5 Å². The van der Waals surface area contributed by atoms with Crippen LogP contribution >= 0.6 is 0 Å². The van der Waals surface area contributed by atoms with E-state index < -0.39 is 5.82 Å². The molecule has 1 heterocycles. The molecule has 0 amide bonds. The molecule has 0 fully saturated rings. The van der Waals surface area contributed by atoms with Gasteiger partial charge in [-0.15, -0.1) is 0 Å². The van der Waals surface area contributed by atoms with Crippen LogP contribution in [0.2, 0.25) is 0 Å². The van der Waals surface area contributed by atoms with Crippen LogP contribution in [0.4, 0.5) is 10.3 Å². The molecule has 0 aliphatic rings. The molecule has 0 radical (unpaired) electrons. The van der Waals surface area contributed by atoms with Crippen molar-refractivity contribution in [2.24, 2.45) is 0 Å². The quantitative estimate of drug-likeness (QED) is 0.866. The highest BCUT2D eigenvalue weighted by Gasteiger charge is 2.10. The minimum absolute atomic E-state index is 0.156. The Morgan fingerprint density at radius 2 is 2.25 bits per heavy atom. The molecule has 2 N–H and O–H groups in total. The standard InChI is InChI=1S/C11H11FN2O2/c1-2-15-7-3-4-8(9(12)5-7)10-6-11(13)16-14-10/h3-6H,2,13H2,1H3. The number of ether oxygens (including phenoxy) is 1. The lowest BCUT2D eigenvalue weighted by Crippen LogP contribution is -1.93. The van der Waals surface area contributed by atoms with E-state index in [1.807, 2.05) is 6.92 Å². The van der Waals surface area contributed by atoms with Gasteiger partial charge in [-0.2, -0.15) is 0 Å². The topological polar surface area (TPSA) is 61.3 Å². The van der Waals surface area contributed by atoms with Gasteiger partial charge < -0.3 is 15.0 Å². The summed E-state index contributed by atoms with van der Waals surface area (Å²) < 4.78 is 23.5. The molecule has 84 valence electrons. The Hall–Kier alpha value is -2.04. The molecule has 0 aliphatic heterocycles. The van der Waals surface area contributed by atoms with Crippen molar-refractivity contribution in [3.05, 3.63) is 30.1 Å². The number of rotatable bonds is 3. The maximum Gasteiger partial charge on any atom is 0.222 e. The van der Waals surface area contributed by atoms with Gasteiger partial charge in [-0.3, -0.25) is 0 Å². The van der Waals surface area contributed by atoms with Gasteiger partial charge in [0.25, 0.3) is 0 Å². The first-order valence-corrected chi connectivity index (χ1v) is 4.85. The van der Waals surface area contributed by atoms with Crippen LogP contribution in [-0.2, 0) is 0 Å². The summed E-state index contributed by atoms with van der Waals surface area (Å²) in [5.41, 5.74) is 6.08. The number of aromatic nitrogens is 1. The second kappa shape index (κ2) is 4.22. The molecule has 1 aromatic carbocycles. The monoisotopic (exact) mass is 222 g/mol. The number of halogens is 1. The van der Waals surface area contributed by atoms with Crippen LogP contribution in [0.15, 0.2) is 28.8 Å². The summed E-state index contributed by atoms with van der Waals surface area (Å²) in [6.45, 7) is 2.33. The Labute approximate surface area is 91.8 Å². The number of hydrogen-bond donors (Lipinski definition) is 1. The largest absolute Gasteiger partial charge is 0.494 e. The Balaban J connectivity index is 2.36. The molecule has 1 aromatic heterocycles. The van der Waals surface area contributed by atoms with Crippen molar-refractivity contribution in [3.8, 4) is 17.0 Å².